The molecule has 0 fully saturated rings. The van der Waals surface area contributed by atoms with Crippen LogP contribution in [0.4, 0.5) is 0 Å². The first-order valence-corrected chi connectivity index (χ1v) is 5.43. The number of hydrogen-bond acceptors (Lipinski definition) is 2. The average Bonchev–Trinajstić information content (AvgIpc) is 2.60. The molecule has 1 atom stereocenters. The SMILES string of the molecule is CNC(C)c1cc2c(Cl)cc(Cl)cc2o1. The van der Waals surface area contributed by atoms with Crippen LogP contribution in [-0.2, 0) is 0 Å². The van der Waals surface area contributed by atoms with E-state index in [1.165, 1.54) is 0 Å². The van der Waals surface area contributed by atoms with Crippen LogP contribution in [0, 0.1) is 0 Å². The third kappa shape index (κ3) is 1.98. The van der Waals surface area contributed by atoms with Crippen molar-refractivity contribution in [2.75, 3.05) is 7.05 Å². The number of benzene rings is 1. The highest BCUT2D eigenvalue weighted by Gasteiger charge is 2.12. The van der Waals surface area contributed by atoms with E-state index in [0.717, 1.165) is 16.7 Å². The van der Waals surface area contributed by atoms with Crippen molar-refractivity contribution in [2.45, 2.75) is 13.0 Å². The van der Waals surface area contributed by atoms with Gasteiger partial charge in [0.15, 0.2) is 0 Å². The molecule has 0 radical (unpaired) electrons. The fraction of sp³-hybridized carbons (Fsp3) is 0.273. The van der Waals surface area contributed by atoms with Crippen molar-refractivity contribution in [1.29, 1.82) is 0 Å². The van der Waals surface area contributed by atoms with Crippen LogP contribution in [0.25, 0.3) is 11.0 Å². The smallest absolute Gasteiger partial charge is 0.137 e. The lowest BCUT2D eigenvalue weighted by molar-refractivity contribution is 0.475. The van der Waals surface area contributed by atoms with Crippen molar-refractivity contribution in [3.8, 4) is 0 Å². The predicted molar refractivity (Wildman–Crippen MR) is 63.7 cm³/mol. The van der Waals surface area contributed by atoms with E-state index >= 15 is 0 Å². The molecule has 1 aromatic carbocycles. The van der Waals surface area contributed by atoms with E-state index in [1.54, 1.807) is 12.1 Å². The normalized spacial score (nSPS) is 13.3. The molecule has 2 nitrogen and oxygen atoms in total. The molecule has 0 bridgehead atoms. The topological polar surface area (TPSA) is 25.2 Å². The van der Waals surface area contributed by atoms with Crippen molar-refractivity contribution in [2.24, 2.45) is 0 Å². The van der Waals surface area contributed by atoms with Gasteiger partial charge in [0.1, 0.15) is 11.3 Å². The van der Waals surface area contributed by atoms with Crippen LogP contribution in [0.1, 0.15) is 18.7 Å². The first-order valence-electron chi connectivity index (χ1n) is 4.67. The molecule has 0 amide bonds. The van der Waals surface area contributed by atoms with Crippen molar-refractivity contribution in [3.05, 3.63) is 34.0 Å². The molecule has 0 saturated carbocycles. The first kappa shape index (κ1) is 10.8. The fourth-order valence-electron chi connectivity index (χ4n) is 1.44. The number of hydrogen-bond donors (Lipinski definition) is 1. The minimum absolute atomic E-state index is 0.159. The Kier molecular flexibility index (Phi) is 2.91. The largest absolute Gasteiger partial charge is 0.459 e. The van der Waals surface area contributed by atoms with Crippen molar-refractivity contribution < 1.29 is 4.42 Å². The van der Waals surface area contributed by atoms with E-state index in [4.69, 9.17) is 27.6 Å². The van der Waals surface area contributed by atoms with Crippen LogP contribution in [0.3, 0.4) is 0 Å². The zero-order chi connectivity index (χ0) is 11.0. The summed E-state index contributed by atoms with van der Waals surface area (Å²) in [5.41, 5.74) is 0.726. The molecule has 80 valence electrons. The summed E-state index contributed by atoms with van der Waals surface area (Å²) >= 11 is 11.9. The third-order valence-electron chi connectivity index (χ3n) is 2.43. The summed E-state index contributed by atoms with van der Waals surface area (Å²) in [5, 5.41) is 5.22. The second-order valence-corrected chi connectivity index (χ2v) is 4.30. The van der Waals surface area contributed by atoms with E-state index in [-0.39, 0.29) is 6.04 Å². The fourth-order valence-corrected chi connectivity index (χ4v) is 1.97. The van der Waals surface area contributed by atoms with Gasteiger partial charge in [-0.3, -0.25) is 0 Å². The monoisotopic (exact) mass is 243 g/mol. The number of fused-ring (bicyclic) bond motifs is 1. The van der Waals surface area contributed by atoms with E-state index in [1.807, 2.05) is 20.0 Å². The van der Waals surface area contributed by atoms with Gasteiger partial charge in [0, 0.05) is 16.5 Å². The molecule has 0 spiro atoms. The Morgan fingerprint density at radius 1 is 1.27 bits per heavy atom. The molecule has 2 aromatic rings. The summed E-state index contributed by atoms with van der Waals surface area (Å²) in [6.45, 7) is 2.02. The lowest BCUT2D eigenvalue weighted by Gasteiger charge is -2.04. The summed E-state index contributed by atoms with van der Waals surface area (Å²) in [7, 11) is 1.88. The summed E-state index contributed by atoms with van der Waals surface area (Å²) in [6, 6.07) is 5.59. The highest BCUT2D eigenvalue weighted by atomic mass is 35.5. The molecule has 0 aliphatic carbocycles. The summed E-state index contributed by atoms with van der Waals surface area (Å²) < 4.78 is 5.65. The number of furan rings is 1. The minimum Gasteiger partial charge on any atom is -0.459 e. The maximum Gasteiger partial charge on any atom is 0.137 e. The van der Waals surface area contributed by atoms with E-state index in [9.17, 15) is 0 Å². The molecule has 15 heavy (non-hydrogen) atoms. The maximum atomic E-state index is 6.06. The lowest BCUT2D eigenvalue weighted by Crippen LogP contribution is -2.10. The maximum absolute atomic E-state index is 6.06. The Morgan fingerprint density at radius 3 is 2.67 bits per heavy atom. The molecular weight excluding hydrogens is 233 g/mol. The number of nitrogens with one attached hydrogen (secondary N) is 1. The van der Waals surface area contributed by atoms with Crippen LogP contribution in [0.15, 0.2) is 22.6 Å². The molecule has 0 aliphatic rings. The standard InChI is InChI=1S/C11H11Cl2NO/c1-6(14-2)10-5-8-9(13)3-7(12)4-11(8)15-10/h3-6,14H,1-2H3. The second-order valence-electron chi connectivity index (χ2n) is 3.46. The van der Waals surface area contributed by atoms with Gasteiger partial charge in [-0.2, -0.15) is 0 Å². The molecule has 2 rings (SSSR count). The molecule has 4 heteroatoms. The summed E-state index contributed by atoms with van der Waals surface area (Å²) in [5.74, 6) is 0.858. The van der Waals surface area contributed by atoms with E-state index < -0.39 is 0 Å². The molecule has 1 N–H and O–H groups in total. The zero-order valence-corrected chi connectivity index (χ0v) is 9.99. The van der Waals surface area contributed by atoms with Gasteiger partial charge in [-0.25, -0.2) is 0 Å². The summed E-state index contributed by atoms with van der Waals surface area (Å²) in [6.07, 6.45) is 0. The van der Waals surface area contributed by atoms with Gasteiger partial charge in [0.2, 0.25) is 0 Å². The van der Waals surface area contributed by atoms with Crippen LogP contribution in [-0.4, -0.2) is 7.05 Å². The highest BCUT2D eigenvalue weighted by molar-refractivity contribution is 6.38. The summed E-state index contributed by atoms with van der Waals surface area (Å²) in [4.78, 5) is 0. The van der Waals surface area contributed by atoms with Crippen LogP contribution in [0.5, 0.6) is 0 Å². The van der Waals surface area contributed by atoms with Gasteiger partial charge in [-0.05, 0) is 26.1 Å². The minimum atomic E-state index is 0.159. The Morgan fingerprint density at radius 2 is 2.00 bits per heavy atom. The first-order chi connectivity index (χ1) is 7.11. The number of rotatable bonds is 2. The third-order valence-corrected chi connectivity index (χ3v) is 2.96. The second kappa shape index (κ2) is 4.05. The van der Waals surface area contributed by atoms with E-state index in [0.29, 0.717) is 10.0 Å². The molecular formula is C11H11Cl2NO. The van der Waals surface area contributed by atoms with Crippen LogP contribution < -0.4 is 5.32 Å². The zero-order valence-electron chi connectivity index (χ0n) is 8.47. The lowest BCUT2D eigenvalue weighted by atomic mass is 10.2. The quantitative estimate of drug-likeness (QED) is 0.862. The van der Waals surface area contributed by atoms with Gasteiger partial charge in [-0.1, -0.05) is 23.2 Å². The molecule has 0 saturated heterocycles. The van der Waals surface area contributed by atoms with Gasteiger partial charge < -0.3 is 9.73 Å². The van der Waals surface area contributed by atoms with E-state index in [2.05, 4.69) is 5.32 Å². The van der Waals surface area contributed by atoms with Gasteiger partial charge in [0.25, 0.3) is 0 Å². The number of halogens is 2. The van der Waals surface area contributed by atoms with Crippen LogP contribution >= 0.6 is 23.2 Å². The Hall–Kier alpha value is -0.700. The molecule has 1 heterocycles. The predicted octanol–water partition coefficient (Wildman–Crippen LogP) is 4.02. The molecule has 1 aromatic heterocycles. The molecule has 0 aliphatic heterocycles. The Bertz CT molecular complexity index is 493. The Labute approximate surface area is 98.2 Å². The van der Waals surface area contributed by atoms with Crippen molar-refractivity contribution in [3.63, 3.8) is 0 Å². The van der Waals surface area contributed by atoms with Gasteiger partial charge in [-0.15, -0.1) is 0 Å². The van der Waals surface area contributed by atoms with Gasteiger partial charge in [0.05, 0.1) is 11.1 Å². The van der Waals surface area contributed by atoms with Crippen molar-refractivity contribution >= 4 is 34.2 Å². The Balaban J connectivity index is 2.60. The molecule has 1 unspecified atom stereocenters. The average molecular weight is 244 g/mol. The van der Waals surface area contributed by atoms with Crippen LogP contribution in [0.2, 0.25) is 10.0 Å². The van der Waals surface area contributed by atoms with Gasteiger partial charge >= 0.3 is 0 Å². The van der Waals surface area contributed by atoms with Crippen molar-refractivity contribution in [1.82, 2.24) is 5.32 Å². The highest BCUT2D eigenvalue weighted by Crippen LogP contribution is 2.32.